The molecule has 1 aliphatic rings. The van der Waals surface area contributed by atoms with E-state index in [2.05, 4.69) is 58.1 Å². The van der Waals surface area contributed by atoms with Gasteiger partial charge in [-0.1, -0.05) is 46.3 Å². The van der Waals surface area contributed by atoms with Crippen molar-refractivity contribution in [2.75, 3.05) is 13.1 Å². The van der Waals surface area contributed by atoms with E-state index >= 15 is 0 Å². The molecule has 1 nitrogen and oxygen atoms in total. The molecular weight excluding hydrogens is 262 g/mol. The van der Waals surface area contributed by atoms with E-state index in [1.807, 2.05) is 0 Å². The van der Waals surface area contributed by atoms with Crippen LogP contribution in [0.25, 0.3) is 0 Å². The smallest absolute Gasteiger partial charge is 0.0237 e. The Morgan fingerprint density at radius 2 is 2.06 bits per heavy atom. The Morgan fingerprint density at radius 1 is 1.31 bits per heavy atom. The van der Waals surface area contributed by atoms with Gasteiger partial charge in [0, 0.05) is 13.1 Å². The molecule has 1 aromatic rings. The topological polar surface area (TPSA) is 3.24 Å². The molecule has 1 fully saturated rings. The van der Waals surface area contributed by atoms with Crippen molar-refractivity contribution in [2.24, 2.45) is 0 Å². The molecule has 0 N–H and O–H groups in total. The molecule has 0 amide bonds. The number of nitrogens with zero attached hydrogens (tertiary/aromatic N) is 1. The third-order valence-corrected chi connectivity index (χ3v) is 3.66. The first kappa shape index (κ1) is 11.9. The van der Waals surface area contributed by atoms with Gasteiger partial charge in [0.25, 0.3) is 0 Å². The second-order valence-corrected chi connectivity index (χ2v) is 5.63. The minimum Gasteiger partial charge on any atom is -0.295 e. The van der Waals surface area contributed by atoms with Gasteiger partial charge in [0.1, 0.15) is 0 Å². The van der Waals surface area contributed by atoms with Crippen LogP contribution in [0.2, 0.25) is 0 Å². The highest BCUT2D eigenvalue weighted by molar-refractivity contribution is 9.11. The fraction of sp³-hybridized carbons (Fsp3) is 0.429. The van der Waals surface area contributed by atoms with Crippen LogP contribution in [-0.2, 0) is 6.54 Å². The Labute approximate surface area is 106 Å². The summed E-state index contributed by atoms with van der Waals surface area (Å²) >= 11 is 3.60. The van der Waals surface area contributed by atoms with Crippen LogP contribution in [0.5, 0.6) is 0 Å². The molecule has 0 bridgehead atoms. The van der Waals surface area contributed by atoms with Crippen molar-refractivity contribution in [2.45, 2.75) is 26.3 Å². The number of benzene rings is 1. The summed E-state index contributed by atoms with van der Waals surface area (Å²) in [5, 5.41) is 0. The van der Waals surface area contributed by atoms with Crippen LogP contribution in [0.4, 0.5) is 0 Å². The van der Waals surface area contributed by atoms with Crippen molar-refractivity contribution in [3.05, 3.63) is 46.0 Å². The normalized spacial score (nSPS) is 20.9. The molecule has 2 rings (SSSR count). The Hall–Kier alpha value is -0.600. The van der Waals surface area contributed by atoms with Gasteiger partial charge in [-0.15, -0.1) is 0 Å². The van der Waals surface area contributed by atoms with E-state index in [0.29, 0.717) is 0 Å². The van der Waals surface area contributed by atoms with E-state index in [1.54, 1.807) is 5.57 Å². The molecule has 0 saturated carbocycles. The maximum atomic E-state index is 3.60. The molecule has 1 aliphatic heterocycles. The number of piperidine rings is 1. The van der Waals surface area contributed by atoms with Crippen LogP contribution in [0.1, 0.15) is 25.3 Å². The number of allylic oxidation sites excluding steroid dienone is 1. The first-order valence-electron chi connectivity index (χ1n) is 5.86. The molecule has 1 aromatic carbocycles. The maximum absolute atomic E-state index is 3.60. The van der Waals surface area contributed by atoms with Crippen LogP contribution >= 0.6 is 15.9 Å². The first-order valence-corrected chi connectivity index (χ1v) is 6.65. The maximum Gasteiger partial charge on any atom is 0.0237 e. The first-order chi connectivity index (χ1) is 7.75. The standard InChI is InChI=1S/C14H18BrN/c1-12(15)14-8-5-9-16(11-14)10-13-6-3-2-4-7-13/h2-4,6-7H,5,8-11H2,1H3/b14-12+. The van der Waals surface area contributed by atoms with Crippen molar-refractivity contribution < 1.29 is 0 Å². The highest BCUT2D eigenvalue weighted by Gasteiger charge is 2.15. The zero-order valence-electron chi connectivity index (χ0n) is 9.75. The molecule has 2 heteroatoms. The molecule has 16 heavy (non-hydrogen) atoms. The van der Waals surface area contributed by atoms with E-state index in [-0.39, 0.29) is 0 Å². The summed E-state index contributed by atoms with van der Waals surface area (Å²) < 4.78 is 1.32. The summed E-state index contributed by atoms with van der Waals surface area (Å²) in [6.45, 7) is 5.57. The second-order valence-electron chi connectivity index (χ2n) is 4.44. The van der Waals surface area contributed by atoms with E-state index in [1.165, 1.54) is 29.4 Å². The Morgan fingerprint density at radius 3 is 2.75 bits per heavy atom. The van der Waals surface area contributed by atoms with E-state index in [4.69, 9.17) is 0 Å². The Balaban J connectivity index is 1.99. The van der Waals surface area contributed by atoms with Gasteiger partial charge in [-0.05, 0) is 41.9 Å². The van der Waals surface area contributed by atoms with Crippen LogP contribution in [-0.4, -0.2) is 18.0 Å². The zero-order valence-corrected chi connectivity index (χ0v) is 11.3. The van der Waals surface area contributed by atoms with Crippen molar-refractivity contribution in [3.63, 3.8) is 0 Å². The highest BCUT2D eigenvalue weighted by atomic mass is 79.9. The second kappa shape index (κ2) is 5.65. The van der Waals surface area contributed by atoms with Gasteiger partial charge in [0.15, 0.2) is 0 Å². The molecule has 0 aliphatic carbocycles. The number of hydrogen-bond donors (Lipinski definition) is 0. The Bertz CT molecular complexity index is 366. The number of rotatable bonds is 2. The van der Waals surface area contributed by atoms with Gasteiger partial charge in [-0.3, -0.25) is 4.90 Å². The summed E-state index contributed by atoms with van der Waals surface area (Å²) in [7, 11) is 0. The fourth-order valence-corrected chi connectivity index (χ4v) is 2.53. The quantitative estimate of drug-likeness (QED) is 0.792. The molecule has 1 saturated heterocycles. The summed E-state index contributed by atoms with van der Waals surface area (Å²) in [6, 6.07) is 10.7. The van der Waals surface area contributed by atoms with Crippen molar-refractivity contribution in [1.82, 2.24) is 4.90 Å². The van der Waals surface area contributed by atoms with Gasteiger partial charge in [-0.2, -0.15) is 0 Å². The predicted molar refractivity (Wildman–Crippen MR) is 72.6 cm³/mol. The van der Waals surface area contributed by atoms with Gasteiger partial charge in [0.05, 0.1) is 0 Å². The largest absolute Gasteiger partial charge is 0.295 e. The minimum atomic E-state index is 1.07. The van der Waals surface area contributed by atoms with Crippen LogP contribution in [0, 0.1) is 0 Å². The zero-order chi connectivity index (χ0) is 11.4. The van der Waals surface area contributed by atoms with Crippen LogP contribution in [0.15, 0.2) is 40.4 Å². The molecule has 0 atom stereocenters. The predicted octanol–water partition coefficient (Wildman–Crippen LogP) is 3.95. The molecule has 86 valence electrons. The van der Waals surface area contributed by atoms with Gasteiger partial charge < -0.3 is 0 Å². The molecule has 0 spiro atoms. The van der Waals surface area contributed by atoms with E-state index in [0.717, 1.165) is 13.1 Å². The summed E-state index contributed by atoms with van der Waals surface area (Å²) in [5.74, 6) is 0. The number of likely N-dealkylation sites (tertiary alicyclic amines) is 1. The average Bonchev–Trinajstić information content (AvgIpc) is 2.30. The van der Waals surface area contributed by atoms with Gasteiger partial charge >= 0.3 is 0 Å². The number of hydrogen-bond acceptors (Lipinski definition) is 1. The lowest BCUT2D eigenvalue weighted by molar-refractivity contribution is 0.257. The highest BCUT2D eigenvalue weighted by Crippen LogP contribution is 2.23. The van der Waals surface area contributed by atoms with Crippen LogP contribution < -0.4 is 0 Å². The molecule has 0 radical (unpaired) electrons. The number of halogens is 1. The third kappa shape index (κ3) is 3.19. The monoisotopic (exact) mass is 279 g/mol. The third-order valence-electron chi connectivity index (χ3n) is 3.10. The molecule has 0 unspecified atom stereocenters. The average molecular weight is 280 g/mol. The molecule has 1 heterocycles. The summed E-state index contributed by atoms with van der Waals surface area (Å²) in [4.78, 5) is 2.53. The van der Waals surface area contributed by atoms with Gasteiger partial charge in [0.2, 0.25) is 0 Å². The van der Waals surface area contributed by atoms with Crippen molar-refractivity contribution >= 4 is 15.9 Å². The molecular formula is C14H18BrN. The lowest BCUT2D eigenvalue weighted by Gasteiger charge is -2.29. The Kier molecular flexibility index (Phi) is 4.19. The molecule has 0 aromatic heterocycles. The summed E-state index contributed by atoms with van der Waals surface area (Å²) in [6.07, 6.45) is 2.54. The van der Waals surface area contributed by atoms with Gasteiger partial charge in [-0.25, -0.2) is 0 Å². The fourth-order valence-electron chi connectivity index (χ4n) is 2.20. The van der Waals surface area contributed by atoms with Crippen molar-refractivity contribution in [3.8, 4) is 0 Å². The lowest BCUT2D eigenvalue weighted by Crippen LogP contribution is -2.30. The minimum absolute atomic E-state index is 1.07. The SMILES string of the molecule is C/C(Br)=C1/CCCN(Cc2ccccc2)C1. The lowest BCUT2D eigenvalue weighted by atomic mass is 10.0. The van der Waals surface area contributed by atoms with E-state index < -0.39 is 0 Å². The van der Waals surface area contributed by atoms with Crippen molar-refractivity contribution in [1.29, 1.82) is 0 Å². The van der Waals surface area contributed by atoms with Crippen LogP contribution in [0.3, 0.4) is 0 Å². The van der Waals surface area contributed by atoms with E-state index in [9.17, 15) is 0 Å². The summed E-state index contributed by atoms with van der Waals surface area (Å²) in [5.41, 5.74) is 2.97.